The Balaban J connectivity index is 1.88. The molecule has 100 valence electrons. The van der Waals surface area contributed by atoms with Crippen LogP contribution in [-0.2, 0) is 0 Å². The van der Waals surface area contributed by atoms with Crippen LogP contribution < -0.4 is 10.2 Å². The van der Waals surface area contributed by atoms with Gasteiger partial charge in [-0.25, -0.2) is 0 Å². The van der Waals surface area contributed by atoms with Crippen LogP contribution in [0.3, 0.4) is 0 Å². The number of para-hydroxylation sites is 1. The second-order valence-corrected chi connectivity index (χ2v) is 5.07. The van der Waals surface area contributed by atoms with Gasteiger partial charge in [-0.3, -0.25) is 0 Å². The molecule has 2 rings (SSSR count). The zero-order chi connectivity index (χ0) is 13.7. The minimum absolute atomic E-state index is 0.765. The lowest BCUT2D eigenvalue weighted by molar-refractivity contribution is 0.914. The molecule has 0 saturated carbocycles. The largest absolute Gasteiger partial charge is 0.382 e. The molecule has 0 heterocycles. The van der Waals surface area contributed by atoms with E-state index >= 15 is 0 Å². The number of nitrogens with one attached hydrogen (secondary N) is 1. The number of nitrogens with zero attached hydrogens (tertiary/aromatic N) is 1. The van der Waals surface area contributed by atoms with Crippen LogP contribution in [0.25, 0.3) is 0 Å². The molecule has 0 unspecified atom stereocenters. The van der Waals surface area contributed by atoms with Gasteiger partial charge in [0.2, 0.25) is 0 Å². The monoisotopic (exact) mass is 274 g/mol. The highest BCUT2D eigenvalue weighted by molar-refractivity contribution is 6.33. The van der Waals surface area contributed by atoms with E-state index < -0.39 is 0 Å². The van der Waals surface area contributed by atoms with Crippen LogP contribution in [0.4, 0.5) is 11.4 Å². The number of anilines is 2. The van der Waals surface area contributed by atoms with Gasteiger partial charge in [0.05, 0.1) is 10.7 Å². The topological polar surface area (TPSA) is 15.3 Å². The molecule has 0 amide bonds. The van der Waals surface area contributed by atoms with Gasteiger partial charge in [-0.15, -0.1) is 0 Å². The van der Waals surface area contributed by atoms with Gasteiger partial charge in [0.1, 0.15) is 0 Å². The third-order valence-corrected chi connectivity index (χ3v) is 3.41. The van der Waals surface area contributed by atoms with Crippen molar-refractivity contribution in [2.75, 3.05) is 30.4 Å². The van der Waals surface area contributed by atoms with Gasteiger partial charge in [0, 0.05) is 25.8 Å². The summed E-state index contributed by atoms with van der Waals surface area (Å²) in [5.74, 6) is 0. The molecule has 0 fully saturated rings. The summed E-state index contributed by atoms with van der Waals surface area (Å²) in [5.41, 5.74) is 3.51. The van der Waals surface area contributed by atoms with Crippen molar-refractivity contribution in [2.45, 2.75) is 6.92 Å². The summed E-state index contributed by atoms with van der Waals surface area (Å²) in [5, 5.41) is 4.12. The highest BCUT2D eigenvalue weighted by atomic mass is 35.5. The molecule has 19 heavy (non-hydrogen) atoms. The zero-order valence-corrected chi connectivity index (χ0v) is 12.1. The number of hydrogen-bond acceptors (Lipinski definition) is 2. The lowest BCUT2D eigenvalue weighted by atomic mass is 10.2. The van der Waals surface area contributed by atoms with Crippen LogP contribution >= 0.6 is 11.6 Å². The van der Waals surface area contributed by atoms with E-state index in [4.69, 9.17) is 11.6 Å². The summed E-state index contributed by atoms with van der Waals surface area (Å²) in [4.78, 5) is 2.23. The number of halogens is 1. The number of benzene rings is 2. The molecule has 3 heteroatoms. The molecule has 0 bridgehead atoms. The van der Waals surface area contributed by atoms with E-state index in [2.05, 4.69) is 48.5 Å². The molecule has 0 spiro atoms. The fraction of sp³-hybridized carbons (Fsp3) is 0.250. The first-order chi connectivity index (χ1) is 9.16. The van der Waals surface area contributed by atoms with E-state index in [9.17, 15) is 0 Å². The Hall–Kier alpha value is -1.67. The number of hydrogen-bond donors (Lipinski definition) is 1. The molecule has 0 atom stereocenters. The number of aryl methyl sites for hydroxylation is 1. The summed E-state index contributed by atoms with van der Waals surface area (Å²) in [6.07, 6.45) is 0. The maximum atomic E-state index is 6.10. The van der Waals surface area contributed by atoms with Crippen molar-refractivity contribution in [3.63, 3.8) is 0 Å². The maximum absolute atomic E-state index is 6.10. The predicted octanol–water partition coefficient (Wildman–Crippen LogP) is 4.20. The van der Waals surface area contributed by atoms with Crippen molar-refractivity contribution in [1.82, 2.24) is 0 Å². The Morgan fingerprint density at radius 1 is 1.11 bits per heavy atom. The normalized spacial score (nSPS) is 10.3. The average molecular weight is 275 g/mol. The fourth-order valence-electron chi connectivity index (χ4n) is 1.96. The van der Waals surface area contributed by atoms with Crippen molar-refractivity contribution >= 4 is 23.0 Å². The molecule has 0 aliphatic heterocycles. The third kappa shape index (κ3) is 3.90. The third-order valence-electron chi connectivity index (χ3n) is 3.08. The molecule has 0 radical (unpaired) electrons. The van der Waals surface area contributed by atoms with Crippen molar-refractivity contribution < 1.29 is 0 Å². The van der Waals surface area contributed by atoms with Gasteiger partial charge in [-0.05, 0) is 36.8 Å². The van der Waals surface area contributed by atoms with Gasteiger partial charge in [-0.1, -0.05) is 35.9 Å². The fourth-order valence-corrected chi connectivity index (χ4v) is 2.16. The summed E-state index contributed by atoms with van der Waals surface area (Å²) < 4.78 is 0. The minimum Gasteiger partial charge on any atom is -0.382 e. The summed E-state index contributed by atoms with van der Waals surface area (Å²) in [7, 11) is 2.10. The molecular formula is C16H19ClN2. The second-order valence-electron chi connectivity index (χ2n) is 4.67. The highest BCUT2D eigenvalue weighted by Crippen LogP contribution is 2.20. The Bertz CT molecular complexity index is 540. The van der Waals surface area contributed by atoms with E-state index in [0.717, 1.165) is 23.8 Å². The van der Waals surface area contributed by atoms with Gasteiger partial charge in [0.15, 0.2) is 0 Å². The van der Waals surface area contributed by atoms with Gasteiger partial charge < -0.3 is 10.2 Å². The molecule has 2 aromatic carbocycles. The van der Waals surface area contributed by atoms with Crippen molar-refractivity contribution in [2.24, 2.45) is 0 Å². The quantitative estimate of drug-likeness (QED) is 0.879. The first-order valence-electron chi connectivity index (χ1n) is 6.43. The Labute approximate surface area is 120 Å². The zero-order valence-electron chi connectivity index (χ0n) is 11.4. The Kier molecular flexibility index (Phi) is 4.69. The molecule has 0 saturated heterocycles. The van der Waals surface area contributed by atoms with E-state index in [-0.39, 0.29) is 0 Å². The first-order valence-corrected chi connectivity index (χ1v) is 6.81. The Morgan fingerprint density at radius 3 is 2.63 bits per heavy atom. The van der Waals surface area contributed by atoms with Crippen LogP contribution in [0, 0.1) is 6.92 Å². The maximum Gasteiger partial charge on any atom is 0.0637 e. The van der Waals surface area contributed by atoms with E-state index in [1.54, 1.807) is 0 Å². The summed E-state index contributed by atoms with van der Waals surface area (Å²) >= 11 is 6.10. The smallest absolute Gasteiger partial charge is 0.0637 e. The van der Waals surface area contributed by atoms with E-state index in [1.165, 1.54) is 11.3 Å². The molecule has 0 aromatic heterocycles. The Morgan fingerprint density at radius 2 is 1.89 bits per heavy atom. The van der Waals surface area contributed by atoms with Crippen LogP contribution in [0.15, 0.2) is 48.5 Å². The second kappa shape index (κ2) is 6.48. The lowest BCUT2D eigenvalue weighted by Crippen LogP contribution is -2.24. The van der Waals surface area contributed by atoms with Crippen LogP contribution in [0.2, 0.25) is 5.02 Å². The standard InChI is InChI=1S/C16H19ClN2/c1-13-6-5-7-14(12-13)19(2)11-10-18-16-9-4-3-8-15(16)17/h3-9,12,18H,10-11H2,1-2H3. The number of likely N-dealkylation sites (N-methyl/N-ethyl adjacent to an activating group) is 1. The molecule has 0 aliphatic carbocycles. The van der Waals surface area contributed by atoms with Crippen molar-refractivity contribution in [3.8, 4) is 0 Å². The van der Waals surface area contributed by atoms with Crippen LogP contribution in [0.5, 0.6) is 0 Å². The minimum atomic E-state index is 0.765. The van der Waals surface area contributed by atoms with Crippen LogP contribution in [-0.4, -0.2) is 20.1 Å². The van der Waals surface area contributed by atoms with Crippen molar-refractivity contribution in [3.05, 3.63) is 59.1 Å². The highest BCUT2D eigenvalue weighted by Gasteiger charge is 2.01. The van der Waals surface area contributed by atoms with E-state index in [0.29, 0.717) is 0 Å². The molecule has 0 aliphatic rings. The van der Waals surface area contributed by atoms with Gasteiger partial charge in [-0.2, -0.15) is 0 Å². The summed E-state index contributed by atoms with van der Waals surface area (Å²) in [6.45, 7) is 3.89. The average Bonchev–Trinajstić information content (AvgIpc) is 2.41. The van der Waals surface area contributed by atoms with Crippen LogP contribution in [0.1, 0.15) is 5.56 Å². The molecule has 1 N–H and O–H groups in total. The first kappa shape index (κ1) is 13.8. The SMILES string of the molecule is Cc1cccc(N(C)CCNc2ccccc2Cl)c1. The van der Waals surface area contributed by atoms with Gasteiger partial charge in [0.25, 0.3) is 0 Å². The molecular weight excluding hydrogens is 256 g/mol. The predicted molar refractivity (Wildman–Crippen MR) is 84.4 cm³/mol. The lowest BCUT2D eigenvalue weighted by Gasteiger charge is -2.20. The number of rotatable bonds is 5. The van der Waals surface area contributed by atoms with Crippen molar-refractivity contribution in [1.29, 1.82) is 0 Å². The molecule has 2 nitrogen and oxygen atoms in total. The summed E-state index contributed by atoms with van der Waals surface area (Å²) in [6, 6.07) is 16.3. The molecule has 2 aromatic rings. The van der Waals surface area contributed by atoms with Gasteiger partial charge >= 0.3 is 0 Å². The van der Waals surface area contributed by atoms with E-state index in [1.807, 2.05) is 24.3 Å².